The molecule has 2 aliphatic rings. The number of nitrogens with zero attached hydrogens (tertiary/aromatic N) is 6. The van der Waals surface area contributed by atoms with Gasteiger partial charge in [-0.05, 0) is 30.7 Å². The van der Waals surface area contributed by atoms with Gasteiger partial charge in [0.25, 0.3) is 0 Å². The van der Waals surface area contributed by atoms with Gasteiger partial charge in [-0.2, -0.15) is 0 Å². The minimum Gasteiger partial charge on any atom is -0.382 e. The number of hydrogen-bond acceptors (Lipinski definition) is 9. The van der Waals surface area contributed by atoms with Gasteiger partial charge >= 0.3 is 0 Å². The summed E-state index contributed by atoms with van der Waals surface area (Å²) in [6, 6.07) is 7.56. The van der Waals surface area contributed by atoms with Crippen LogP contribution >= 0.6 is 11.6 Å². The highest BCUT2D eigenvalue weighted by molar-refractivity contribution is 6.29. The molecule has 0 spiro atoms. The van der Waals surface area contributed by atoms with Crippen LogP contribution in [0.25, 0.3) is 0 Å². The second kappa shape index (κ2) is 8.93. The zero-order valence-electron chi connectivity index (χ0n) is 14.5. The quantitative estimate of drug-likeness (QED) is 0.777. The van der Waals surface area contributed by atoms with Gasteiger partial charge < -0.3 is 21.1 Å². The third-order valence-electron chi connectivity index (χ3n) is 4.37. The van der Waals surface area contributed by atoms with Crippen molar-refractivity contribution in [2.45, 2.75) is 12.5 Å². The molecule has 0 aromatic carbocycles. The first-order chi connectivity index (χ1) is 12.6. The molecule has 4 rings (SSSR count). The number of morpholine rings is 1. The fraction of sp³-hybridized carbons (Fsp3) is 0.500. The molecule has 4 N–H and O–H groups in total. The monoisotopic (exact) mass is 378 g/mol. The van der Waals surface area contributed by atoms with Gasteiger partial charge in [-0.3, -0.25) is 4.90 Å². The summed E-state index contributed by atoms with van der Waals surface area (Å²) < 4.78 is 5.39. The zero-order valence-corrected chi connectivity index (χ0v) is 15.2. The van der Waals surface area contributed by atoms with Crippen molar-refractivity contribution in [3.63, 3.8) is 0 Å². The molecular formula is C16H23ClN8O. The molecule has 0 aliphatic carbocycles. The Morgan fingerprint density at radius 3 is 2.19 bits per heavy atom. The van der Waals surface area contributed by atoms with Gasteiger partial charge in [0.2, 0.25) is 0 Å². The lowest BCUT2D eigenvalue weighted by Crippen LogP contribution is -2.44. The molecule has 9 nitrogen and oxygen atoms in total. The lowest BCUT2D eigenvalue weighted by atomic mass is 10.2. The number of nitrogens with two attached hydrogens (primary N) is 2. The Kier molecular flexibility index (Phi) is 6.37. The molecule has 0 radical (unpaired) electrons. The van der Waals surface area contributed by atoms with Gasteiger partial charge in [0.05, 0.1) is 13.2 Å². The lowest BCUT2D eigenvalue weighted by Gasteiger charge is -2.32. The van der Waals surface area contributed by atoms with Crippen molar-refractivity contribution in [1.82, 2.24) is 25.3 Å². The highest BCUT2D eigenvalue weighted by Gasteiger charge is 2.29. The van der Waals surface area contributed by atoms with Crippen molar-refractivity contribution in [2.24, 2.45) is 0 Å². The molecule has 4 heterocycles. The Hall–Kier alpha value is -2.23. The molecule has 0 saturated carbocycles. The fourth-order valence-corrected chi connectivity index (χ4v) is 3.12. The minimum absolute atomic E-state index is 0.360. The maximum Gasteiger partial charge on any atom is 0.151 e. The van der Waals surface area contributed by atoms with Crippen LogP contribution < -0.4 is 16.4 Å². The van der Waals surface area contributed by atoms with E-state index in [1.807, 2.05) is 12.1 Å². The van der Waals surface area contributed by atoms with E-state index in [1.54, 1.807) is 12.1 Å². The molecule has 140 valence electrons. The van der Waals surface area contributed by atoms with Crippen LogP contribution in [0.15, 0.2) is 24.3 Å². The highest BCUT2D eigenvalue weighted by Crippen LogP contribution is 2.21. The molecule has 2 saturated heterocycles. The predicted molar refractivity (Wildman–Crippen MR) is 101 cm³/mol. The van der Waals surface area contributed by atoms with Crippen molar-refractivity contribution >= 4 is 29.1 Å². The second-order valence-electron chi connectivity index (χ2n) is 6.13. The molecular weight excluding hydrogens is 356 g/mol. The normalized spacial score (nSPS) is 20.5. The molecule has 2 aliphatic heterocycles. The van der Waals surface area contributed by atoms with Crippen LogP contribution in [-0.2, 0) is 4.74 Å². The van der Waals surface area contributed by atoms with Crippen molar-refractivity contribution < 1.29 is 4.74 Å². The Balaban J connectivity index is 0.000000206. The molecule has 1 atom stereocenters. The summed E-state index contributed by atoms with van der Waals surface area (Å²) in [6.45, 7) is 5.88. The number of hydrogen-bond donors (Lipinski definition) is 2. The van der Waals surface area contributed by atoms with Crippen molar-refractivity contribution in [2.75, 3.05) is 55.8 Å². The van der Waals surface area contributed by atoms with Gasteiger partial charge in [0.15, 0.2) is 11.0 Å². The van der Waals surface area contributed by atoms with Gasteiger partial charge in [-0.25, -0.2) is 0 Å². The zero-order chi connectivity index (χ0) is 18.4. The molecule has 2 aromatic heterocycles. The van der Waals surface area contributed by atoms with E-state index in [9.17, 15) is 0 Å². The lowest BCUT2D eigenvalue weighted by molar-refractivity contribution is 0.0209. The van der Waals surface area contributed by atoms with E-state index < -0.39 is 0 Å². The van der Waals surface area contributed by atoms with Crippen LogP contribution in [0, 0.1) is 0 Å². The third-order valence-corrected chi connectivity index (χ3v) is 4.57. The summed E-state index contributed by atoms with van der Waals surface area (Å²) in [5.41, 5.74) is 10.7. The Morgan fingerprint density at radius 1 is 0.923 bits per heavy atom. The van der Waals surface area contributed by atoms with Crippen LogP contribution in [0.2, 0.25) is 5.15 Å². The van der Waals surface area contributed by atoms with Crippen molar-refractivity contribution in [1.29, 1.82) is 0 Å². The largest absolute Gasteiger partial charge is 0.382 e. The van der Waals surface area contributed by atoms with E-state index in [2.05, 4.69) is 30.2 Å². The van der Waals surface area contributed by atoms with Crippen LogP contribution in [0.1, 0.15) is 6.42 Å². The standard InChI is InChI=1S/C12H19N5O.C4H4ClN3/c13-11-1-2-12(15-14-11)17-4-3-10(9-17)16-5-7-18-8-6-16;5-3-1-2-4(6)8-7-3/h1-2,10H,3-9H2,(H2,13,14);1-2H,(H2,6,8). The summed E-state index contributed by atoms with van der Waals surface area (Å²) in [6.07, 6.45) is 1.19. The van der Waals surface area contributed by atoms with E-state index in [4.69, 9.17) is 27.8 Å². The number of ether oxygens (including phenoxy) is 1. The minimum atomic E-state index is 0.360. The predicted octanol–water partition coefficient (Wildman–Crippen LogP) is 0.682. The number of rotatable bonds is 2. The van der Waals surface area contributed by atoms with E-state index >= 15 is 0 Å². The number of anilines is 3. The van der Waals surface area contributed by atoms with Crippen molar-refractivity contribution in [3.8, 4) is 0 Å². The summed E-state index contributed by atoms with van der Waals surface area (Å²) in [4.78, 5) is 4.81. The van der Waals surface area contributed by atoms with Crippen LogP contribution in [0.3, 0.4) is 0 Å². The summed E-state index contributed by atoms with van der Waals surface area (Å²) in [7, 11) is 0. The van der Waals surface area contributed by atoms with Gasteiger partial charge in [-0.1, -0.05) is 11.6 Å². The van der Waals surface area contributed by atoms with E-state index in [1.165, 1.54) is 6.42 Å². The number of nitrogen functional groups attached to an aromatic ring is 2. The van der Waals surface area contributed by atoms with Gasteiger partial charge in [-0.15, -0.1) is 20.4 Å². The van der Waals surface area contributed by atoms with Gasteiger partial charge in [0.1, 0.15) is 11.6 Å². The molecule has 1 unspecified atom stereocenters. The molecule has 2 aromatic rings. The van der Waals surface area contributed by atoms with Crippen LogP contribution in [0.4, 0.5) is 17.5 Å². The Morgan fingerprint density at radius 2 is 1.62 bits per heavy atom. The molecule has 2 fully saturated rings. The van der Waals surface area contributed by atoms with Crippen LogP contribution in [0.5, 0.6) is 0 Å². The summed E-state index contributed by atoms with van der Waals surface area (Å²) in [5.74, 6) is 1.79. The number of aromatic nitrogens is 4. The number of halogens is 1. The van der Waals surface area contributed by atoms with Crippen LogP contribution in [-0.4, -0.2) is 70.7 Å². The molecule has 0 bridgehead atoms. The SMILES string of the molecule is Nc1ccc(Cl)nn1.Nc1ccc(N2CCC(N3CCOCC3)C2)nn1. The first-order valence-corrected chi connectivity index (χ1v) is 8.90. The Labute approximate surface area is 157 Å². The average molecular weight is 379 g/mol. The average Bonchev–Trinajstić information content (AvgIpc) is 3.16. The van der Waals surface area contributed by atoms with Gasteiger partial charge in [0, 0.05) is 32.2 Å². The third kappa shape index (κ3) is 5.13. The van der Waals surface area contributed by atoms with E-state index in [-0.39, 0.29) is 0 Å². The smallest absolute Gasteiger partial charge is 0.151 e. The van der Waals surface area contributed by atoms with Crippen molar-refractivity contribution in [3.05, 3.63) is 29.4 Å². The molecule has 0 amide bonds. The molecule has 10 heteroatoms. The first kappa shape index (κ1) is 18.6. The topological polar surface area (TPSA) is 119 Å². The Bertz CT molecular complexity index is 657. The van der Waals surface area contributed by atoms with E-state index in [0.29, 0.717) is 22.8 Å². The first-order valence-electron chi connectivity index (χ1n) is 8.52. The fourth-order valence-electron chi connectivity index (χ4n) is 3.02. The summed E-state index contributed by atoms with van der Waals surface area (Å²) in [5, 5.41) is 15.4. The second-order valence-corrected chi connectivity index (χ2v) is 6.52. The highest BCUT2D eigenvalue weighted by atomic mass is 35.5. The molecule has 26 heavy (non-hydrogen) atoms. The van der Waals surface area contributed by atoms with E-state index in [0.717, 1.165) is 45.2 Å². The maximum absolute atomic E-state index is 5.56. The maximum atomic E-state index is 5.56. The summed E-state index contributed by atoms with van der Waals surface area (Å²) >= 11 is 5.38.